The Morgan fingerprint density at radius 3 is 2.71 bits per heavy atom. The number of hydrogen-bond donors (Lipinski definition) is 2. The Balaban J connectivity index is 2.45. The zero-order chi connectivity index (χ0) is 12.7. The first-order chi connectivity index (χ1) is 8.13. The summed E-state index contributed by atoms with van der Waals surface area (Å²) in [5, 5.41) is 6.05. The van der Waals surface area contributed by atoms with Gasteiger partial charge in [0, 0.05) is 12.1 Å². The molecule has 0 unspecified atom stereocenters. The normalized spacial score (nSPS) is 9.76. The predicted octanol–water partition coefficient (Wildman–Crippen LogP) is 3.00. The van der Waals surface area contributed by atoms with Gasteiger partial charge in [0.1, 0.15) is 0 Å². The van der Waals surface area contributed by atoms with Crippen molar-refractivity contribution >= 4 is 28.9 Å². The molecular weight excluding hydrogens is 232 g/mol. The number of thiocarbonyl (C=S) groups is 1. The van der Waals surface area contributed by atoms with Crippen LogP contribution < -0.4 is 10.6 Å². The molecule has 2 N–H and O–H groups in total. The molecule has 1 aromatic carbocycles. The van der Waals surface area contributed by atoms with E-state index in [0.717, 1.165) is 24.1 Å². The maximum Gasteiger partial charge on any atom is 0.226 e. The molecule has 0 aliphatic carbocycles. The van der Waals surface area contributed by atoms with Crippen LogP contribution in [0.25, 0.3) is 0 Å². The molecule has 0 aromatic heterocycles. The lowest BCUT2D eigenvalue weighted by molar-refractivity contribution is -0.119. The van der Waals surface area contributed by atoms with Crippen LogP contribution in [0, 0.1) is 6.92 Å². The first-order valence-corrected chi connectivity index (χ1v) is 6.20. The van der Waals surface area contributed by atoms with E-state index in [2.05, 4.69) is 17.6 Å². The van der Waals surface area contributed by atoms with Crippen molar-refractivity contribution in [2.45, 2.75) is 33.1 Å². The predicted molar refractivity (Wildman–Crippen MR) is 75.1 cm³/mol. The summed E-state index contributed by atoms with van der Waals surface area (Å²) >= 11 is 5.08. The van der Waals surface area contributed by atoms with Crippen LogP contribution in [-0.2, 0) is 4.79 Å². The van der Waals surface area contributed by atoms with Gasteiger partial charge in [0.2, 0.25) is 5.91 Å². The van der Waals surface area contributed by atoms with Gasteiger partial charge in [-0.15, -0.1) is 0 Å². The first-order valence-electron chi connectivity index (χ1n) is 5.80. The number of hydrogen-bond acceptors (Lipinski definition) is 2. The SMILES string of the molecule is CCCCC(=O)NC(=S)Nc1ccccc1C. The smallest absolute Gasteiger partial charge is 0.226 e. The molecule has 92 valence electrons. The van der Waals surface area contributed by atoms with Gasteiger partial charge in [0.05, 0.1) is 0 Å². The highest BCUT2D eigenvalue weighted by atomic mass is 32.1. The Morgan fingerprint density at radius 1 is 1.35 bits per heavy atom. The van der Waals surface area contributed by atoms with Crippen molar-refractivity contribution < 1.29 is 4.79 Å². The number of para-hydroxylation sites is 1. The number of carbonyl (C=O) groups excluding carboxylic acids is 1. The molecule has 1 amide bonds. The van der Waals surface area contributed by atoms with Gasteiger partial charge in [-0.1, -0.05) is 31.5 Å². The molecule has 0 spiro atoms. The zero-order valence-electron chi connectivity index (χ0n) is 10.2. The summed E-state index contributed by atoms with van der Waals surface area (Å²) < 4.78 is 0. The van der Waals surface area contributed by atoms with E-state index in [4.69, 9.17) is 12.2 Å². The van der Waals surface area contributed by atoms with Gasteiger partial charge < -0.3 is 10.6 Å². The summed E-state index contributed by atoms with van der Waals surface area (Å²) in [7, 11) is 0. The largest absolute Gasteiger partial charge is 0.332 e. The lowest BCUT2D eigenvalue weighted by atomic mass is 10.2. The number of nitrogens with one attached hydrogen (secondary N) is 2. The summed E-state index contributed by atoms with van der Waals surface area (Å²) in [5.41, 5.74) is 2.02. The standard InChI is InChI=1S/C13H18N2OS/c1-3-4-9-12(16)15-13(17)14-11-8-6-5-7-10(11)2/h5-8H,3-4,9H2,1-2H3,(H2,14,15,16,17). The molecule has 3 nitrogen and oxygen atoms in total. The Bertz CT molecular complexity index is 404. The van der Waals surface area contributed by atoms with Crippen LogP contribution in [0.5, 0.6) is 0 Å². The topological polar surface area (TPSA) is 41.1 Å². The minimum atomic E-state index is -0.0297. The second-order valence-corrected chi connectivity index (χ2v) is 4.33. The van der Waals surface area contributed by atoms with Gasteiger partial charge in [0.15, 0.2) is 5.11 Å². The molecule has 0 aliphatic rings. The minimum Gasteiger partial charge on any atom is -0.332 e. The lowest BCUT2D eigenvalue weighted by Crippen LogP contribution is -2.34. The van der Waals surface area contributed by atoms with Gasteiger partial charge in [-0.2, -0.15) is 0 Å². The maximum absolute atomic E-state index is 11.4. The summed E-state index contributed by atoms with van der Waals surface area (Å²) in [4.78, 5) is 11.4. The second kappa shape index (κ2) is 7.01. The van der Waals surface area contributed by atoms with E-state index in [1.54, 1.807) is 0 Å². The number of carbonyl (C=O) groups is 1. The van der Waals surface area contributed by atoms with Crippen molar-refractivity contribution in [2.75, 3.05) is 5.32 Å². The number of anilines is 1. The van der Waals surface area contributed by atoms with E-state index in [-0.39, 0.29) is 5.91 Å². The molecule has 4 heteroatoms. The molecule has 0 radical (unpaired) electrons. The highest BCUT2D eigenvalue weighted by Crippen LogP contribution is 2.12. The number of rotatable bonds is 4. The van der Waals surface area contributed by atoms with Crippen LogP contribution in [0.2, 0.25) is 0 Å². The van der Waals surface area contributed by atoms with Gasteiger partial charge >= 0.3 is 0 Å². The average molecular weight is 250 g/mol. The third kappa shape index (κ3) is 4.95. The third-order valence-corrected chi connectivity index (χ3v) is 2.61. The van der Waals surface area contributed by atoms with Gasteiger partial charge in [-0.05, 0) is 37.2 Å². The van der Waals surface area contributed by atoms with Crippen LogP contribution in [0.1, 0.15) is 31.7 Å². The van der Waals surface area contributed by atoms with Gasteiger partial charge in [-0.25, -0.2) is 0 Å². The quantitative estimate of drug-likeness (QED) is 0.807. The molecule has 0 heterocycles. The Labute approximate surface area is 108 Å². The molecule has 1 rings (SSSR count). The van der Waals surface area contributed by atoms with E-state index < -0.39 is 0 Å². The third-order valence-electron chi connectivity index (χ3n) is 2.40. The molecule has 1 aromatic rings. The van der Waals surface area contributed by atoms with Crippen molar-refractivity contribution in [1.82, 2.24) is 5.32 Å². The maximum atomic E-state index is 11.4. The Kier molecular flexibility index (Phi) is 5.63. The Hall–Kier alpha value is -1.42. The van der Waals surface area contributed by atoms with Crippen LogP contribution in [0.3, 0.4) is 0 Å². The van der Waals surface area contributed by atoms with Crippen LogP contribution in [-0.4, -0.2) is 11.0 Å². The number of unbranched alkanes of at least 4 members (excludes halogenated alkanes) is 1. The van der Waals surface area contributed by atoms with Crippen molar-refractivity contribution in [2.24, 2.45) is 0 Å². The van der Waals surface area contributed by atoms with Crippen LogP contribution in [0.4, 0.5) is 5.69 Å². The molecular formula is C13H18N2OS. The van der Waals surface area contributed by atoms with Crippen molar-refractivity contribution in [3.05, 3.63) is 29.8 Å². The van der Waals surface area contributed by atoms with Crippen molar-refractivity contribution in [3.63, 3.8) is 0 Å². The fraction of sp³-hybridized carbons (Fsp3) is 0.385. The van der Waals surface area contributed by atoms with E-state index >= 15 is 0 Å². The summed E-state index contributed by atoms with van der Waals surface area (Å²) in [6.07, 6.45) is 2.41. The molecule has 0 bridgehead atoms. The number of amides is 1. The Morgan fingerprint density at radius 2 is 2.06 bits per heavy atom. The van der Waals surface area contributed by atoms with E-state index in [1.165, 1.54) is 0 Å². The highest BCUT2D eigenvalue weighted by molar-refractivity contribution is 7.80. The molecule has 0 atom stereocenters. The average Bonchev–Trinajstić information content (AvgIpc) is 2.29. The van der Waals surface area contributed by atoms with Crippen LogP contribution in [0.15, 0.2) is 24.3 Å². The molecule has 0 saturated heterocycles. The van der Waals surface area contributed by atoms with Gasteiger partial charge in [0.25, 0.3) is 0 Å². The monoisotopic (exact) mass is 250 g/mol. The molecule has 0 saturated carbocycles. The van der Waals surface area contributed by atoms with E-state index in [0.29, 0.717) is 11.5 Å². The summed E-state index contributed by atoms with van der Waals surface area (Å²) in [6, 6.07) is 7.81. The van der Waals surface area contributed by atoms with Crippen LogP contribution >= 0.6 is 12.2 Å². The fourth-order valence-corrected chi connectivity index (χ4v) is 1.62. The minimum absolute atomic E-state index is 0.0297. The second-order valence-electron chi connectivity index (χ2n) is 3.92. The fourth-order valence-electron chi connectivity index (χ4n) is 1.39. The zero-order valence-corrected chi connectivity index (χ0v) is 11.1. The van der Waals surface area contributed by atoms with Crippen molar-refractivity contribution in [3.8, 4) is 0 Å². The highest BCUT2D eigenvalue weighted by Gasteiger charge is 2.04. The summed E-state index contributed by atoms with van der Waals surface area (Å²) in [6.45, 7) is 4.04. The molecule has 17 heavy (non-hydrogen) atoms. The molecule has 0 aliphatic heterocycles. The summed E-state index contributed by atoms with van der Waals surface area (Å²) in [5.74, 6) is -0.0297. The lowest BCUT2D eigenvalue weighted by Gasteiger charge is -2.11. The van der Waals surface area contributed by atoms with Gasteiger partial charge in [-0.3, -0.25) is 4.79 Å². The van der Waals surface area contributed by atoms with E-state index in [1.807, 2.05) is 31.2 Å². The molecule has 0 fully saturated rings. The number of aryl methyl sites for hydroxylation is 1. The number of benzene rings is 1. The van der Waals surface area contributed by atoms with E-state index in [9.17, 15) is 4.79 Å². The first kappa shape index (κ1) is 13.6. The van der Waals surface area contributed by atoms with Crippen molar-refractivity contribution in [1.29, 1.82) is 0 Å².